The zero-order valence-electron chi connectivity index (χ0n) is 11.5. The number of carbonyl (C=O) groups is 2. The normalized spacial score (nSPS) is 13.2. The minimum Gasteiger partial charge on any atom is -0.481 e. The van der Waals surface area contributed by atoms with Crippen LogP contribution in [0.1, 0.15) is 16.6 Å². The second-order valence-electron chi connectivity index (χ2n) is 4.27. The Morgan fingerprint density at radius 3 is 2.57 bits per heavy atom. The third-order valence-corrected chi connectivity index (χ3v) is 6.74. The first-order valence-electron chi connectivity index (χ1n) is 5.68. The van der Waals surface area contributed by atoms with Gasteiger partial charge in [-0.1, -0.05) is 6.92 Å². The second kappa shape index (κ2) is 6.86. The molecule has 0 aromatic carbocycles. The third kappa shape index (κ3) is 4.02. The van der Waals surface area contributed by atoms with E-state index in [0.717, 1.165) is 15.6 Å². The van der Waals surface area contributed by atoms with E-state index in [1.54, 1.807) is 0 Å². The van der Waals surface area contributed by atoms with Crippen molar-refractivity contribution in [1.82, 2.24) is 4.31 Å². The van der Waals surface area contributed by atoms with Crippen molar-refractivity contribution in [3.8, 4) is 0 Å². The number of methoxy groups -OCH3 is 1. The molecule has 21 heavy (non-hydrogen) atoms. The van der Waals surface area contributed by atoms with Crippen molar-refractivity contribution in [2.24, 2.45) is 5.92 Å². The zero-order chi connectivity index (χ0) is 16.4. The summed E-state index contributed by atoms with van der Waals surface area (Å²) >= 11 is 4.04. The molecule has 118 valence electrons. The molecule has 0 radical (unpaired) electrons. The van der Waals surface area contributed by atoms with Gasteiger partial charge in [0.1, 0.15) is 9.77 Å². The summed E-state index contributed by atoms with van der Waals surface area (Å²) in [6.07, 6.45) is 0. The van der Waals surface area contributed by atoms with Gasteiger partial charge in [-0.25, -0.2) is 17.5 Å². The molecule has 1 atom stereocenters. The van der Waals surface area contributed by atoms with Gasteiger partial charge in [0.15, 0.2) is 0 Å². The van der Waals surface area contributed by atoms with Crippen LogP contribution >= 0.6 is 27.3 Å². The van der Waals surface area contributed by atoms with Gasteiger partial charge in [0, 0.05) is 13.6 Å². The fourth-order valence-electron chi connectivity index (χ4n) is 1.46. The maximum atomic E-state index is 12.4. The van der Waals surface area contributed by atoms with Crippen LogP contribution in [0.2, 0.25) is 0 Å². The minimum atomic E-state index is -3.89. The van der Waals surface area contributed by atoms with Gasteiger partial charge in [-0.2, -0.15) is 0 Å². The van der Waals surface area contributed by atoms with Gasteiger partial charge in [0.05, 0.1) is 16.8 Å². The molecule has 1 rings (SSSR count). The highest BCUT2D eigenvalue weighted by atomic mass is 79.9. The molecule has 0 aliphatic carbocycles. The molecule has 0 saturated carbocycles. The number of ether oxygens (including phenoxy) is 1. The van der Waals surface area contributed by atoms with Crippen LogP contribution < -0.4 is 0 Å². The van der Waals surface area contributed by atoms with Gasteiger partial charge < -0.3 is 9.84 Å². The van der Waals surface area contributed by atoms with Gasteiger partial charge in [-0.05, 0) is 22.0 Å². The highest BCUT2D eigenvalue weighted by Gasteiger charge is 2.29. The third-order valence-electron chi connectivity index (χ3n) is 2.68. The van der Waals surface area contributed by atoms with E-state index in [2.05, 4.69) is 20.7 Å². The Bertz CT molecular complexity index is 654. The number of carboxylic acids is 1. The van der Waals surface area contributed by atoms with Gasteiger partial charge >= 0.3 is 11.9 Å². The summed E-state index contributed by atoms with van der Waals surface area (Å²) in [6, 6.07) is 1.21. The van der Waals surface area contributed by atoms with E-state index in [0.29, 0.717) is 0 Å². The fourth-order valence-corrected chi connectivity index (χ4v) is 5.15. The molecular formula is C11H14BrNO6S2. The predicted molar refractivity (Wildman–Crippen MR) is 80.0 cm³/mol. The topological polar surface area (TPSA) is 101 Å². The Balaban J connectivity index is 3.10. The number of carboxylic acid groups (broad SMARTS) is 1. The number of nitrogens with zero attached hydrogens (tertiary/aromatic N) is 1. The van der Waals surface area contributed by atoms with E-state index in [1.165, 1.54) is 27.1 Å². The number of hydrogen-bond donors (Lipinski definition) is 1. The number of thiophene rings is 1. The van der Waals surface area contributed by atoms with Gasteiger partial charge in [0.2, 0.25) is 10.0 Å². The molecule has 0 bridgehead atoms. The number of rotatable bonds is 6. The first kappa shape index (κ1) is 18.1. The van der Waals surface area contributed by atoms with E-state index in [-0.39, 0.29) is 20.1 Å². The van der Waals surface area contributed by atoms with E-state index in [9.17, 15) is 18.0 Å². The maximum Gasteiger partial charge on any atom is 0.348 e. The average molecular weight is 400 g/mol. The number of halogens is 1. The van der Waals surface area contributed by atoms with Crippen molar-refractivity contribution in [3.63, 3.8) is 0 Å². The SMILES string of the molecule is COC(=O)c1cc(S(=O)(=O)N(C)CC(C)C(=O)O)c(Br)s1. The molecule has 0 aliphatic heterocycles. The maximum absolute atomic E-state index is 12.4. The summed E-state index contributed by atoms with van der Waals surface area (Å²) in [5, 5.41) is 8.84. The van der Waals surface area contributed by atoms with Crippen LogP contribution in [-0.4, -0.2) is 50.5 Å². The van der Waals surface area contributed by atoms with Crippen molar-refractivity contribution in [2.75, 3.05) is 20.7 Å². The summed E-state index contributed by atoms with van der Waals surface area (Å²) in [5.41, 5.74) is 0. The molecule has 0 saturated heterocycles. The summed E-state index contributed by atoms with van der Waals surface area (Å²) in [4.78, 5) is 22.3. The van der Waals surface area contributed by atoms with Crippen molar-refractivity contribution < 1.29 is 27.9 Å². The zero-order valence-corrected chi connectivity index (χ0v) is 14.7. The summed E-state index contributed by atoms with van der Waals surface area (Å²) in [7, 11) is -1.41. The van der Waals surface area contributed by atoms with Crippen LogP contribution in [0.25, 0.3) is 0 Å². The first-order chi connectivity index (χ1) is 9.61. The highest BCUT2D eigenvalue weighted by molar-refractivity contribution is 9.11. The fraction of sp³-hybridized carbons (Fsp3) is 0.455. The molecule has 0 aliphatic rings. The van der Waals surface area contributed by atoms with Crippen LogP contribution in [0.15, 0.2) is 14.7 Å². The van der Waals surface area contributed by atoms with E-state index in [1.807, 2.05) is 0 Å². The lowest BCUT2D eigenvalue weighted by Crippen LogP contribution is -2.33. The van der Waals surface area contributed by atoms with Crippen LogP contribution in [0.3, 0.4) is 0 Å². The monoisotopic (exact) mass is 399 g/mol. The van der Waals surface area contributed by atoms with Crippen LogP contribution in [0.4, 0.5) is 0 Å². The Labute approximate surface area is 134 Å². The largest absolute Gasteiger partial charge is 0.481 e. The van der Waals surface area contributed by atoms with Crippen molar-refractivity contribution >= 4 is 49.2 Å². The number of hydrogen-bond acceptors (Lipinski definition) is 6. The molecule has 1 aromatic heterocycles. The second-order valence-corrected chi connectivity index (χ2v) is 8.65. The molecular weight excluding hydrogens is 386 g/mol. The van der Waals surface area contributed by atoms with E-state index >= 15 is 0 Å². The molecule has 10 heteroatoms. The van der Waals surface area contributed by atoms with Crippen LogP contribution in [0.5, 0.6) is 0 Å². The highest BCUT2D eigenvalue weighted by Crippen LogP contribution is 2.33. The molecule has 1 unspecified atom stereocenters. The van der Waals surface area contributed by atoms with Crippen LogP contribution in [0, 0.1) is 5.92 Å². The van der Waals surface area contributed by atoms with Crippen LogP contribution in [-0.2, 0) is 19.6 Å². The lowest BCUT2D eigenvalue weighted by Gasteiger charge is -2.18. The molecule has 0 spiro atoms. The average Bonchev–Trinajstić information content (AvgIpc) is 2.80. The number of esters is 1. The van der Waals surface area contributed by atoms with E-state index in [4.69, 9.17) is 5.11 Å². The Morgan fingerprint density at radius 1 is 1.52 bits per heavy atom. The van der Waals surface area contributed by atoms with Crippen molar-refractivity contribution in [2.45, 2.75) is 11.8 Å². The van der Waals surface area contributed by atoms with Gasteiger partial charge in [-0.15, -0.1) is 11.3 Å². The number of sulfonamides is 1. The number of carbonyl (C=O) groups excluding carboxylic acids is 1. The Hall–Kier alpha value is -0.970. The Morgan fingerprint density at radius 2 is 2.10 bits per heavy atom. The van der Waals surface area contributed by atoms with E-state index < -0.39 is 27.9 Å². The molecule has 1 heterocycles. The summed E-state index contributed by atoms with van der Waals surface area (Å²) in [5.74, 6) is -2.57. The standard InChI is InChI=1S/C11H14BrNO6S2/c1-6(10(14)15)5-13(2)21(17,18)8-4-7(11(16)19-3)20-9(8)12/h4,6H,5H2,1-3H3,(H,14,15). The van der Waals surface area contributed by atoms with Gasteiger partial charge in [-0.3, -0.25) is 4.79 Å². The molecule has 7 nitrogen and oxygen atoms in total. The lowest BCUT2D eigenvalue weighted by molar-refractivity contribution is -0.141. The predicted octanol–water partition coefficient (Wildman–Crippen LogP) is 1.64. The molecule has 0 fully saturated rings. The Kier molecular flexibility index (Phi) is 5.91. The summed E-state index contributed by atoms with van der Waals surface area (Å²) in [6.45, 7) is 1.24. The molecule has 1 aromatic rings. The molecule has 0 amide bonds. The summed E-state index contributed by atoms with van der Waals surface area (Å²) < 4.78 is 30.5. The van der Waals surface area contributed by atoms with Gasteiger partial charge in [0.25, 0.3) is 0 Å². The smallest absolute Gasteiger partial charge is 0.348 e. The minimum absolute atomic E-state index is 0.0898. The number of aliphatic carboxylic acids is 1. The lowest BCUT2D eigenvalue weighted by atomic mass is 10.2. The van der Waals surface area contributed by atoms with Crippen molar-refractivity contribution in [1.29, 1.82) is 0 Å². The van der Waals surface area contributed by atoms with Crippen molar-refractivity contribution in [3.05, 3.63) is 14.7 Å². The first-order valence-corrected chi connectivity index (χ1v) is 8.73. The quantitative estimate of drug-likeness (QED) is 0.729. The molecule has 1 N–H and O–H groups in total.